The SMILES string of the molecule is CCN(Cc1cc(Br)ccc1F)C(=O)Cn1ccnn1. The quantitative estimate of drug-likeness (QED) is 0.838. The van der Waals surface area contributed by atoms with E-state index < -0.39 is 0 Å². The van der Waals surface area contributed by atoms with Gasteiger partial charge in [-0.25, -0.2) is 9.07 Å². The van der Waals surface area contributed by atoms with Crippen LogP contribution in [0.2, 0.25) is 0 Å². The van der Waals surface area contributed by atoms with Crippen molar-refractivity contribution >= 4 is 21.8 Å². The number of carbonyl (C=O) groups excluding carboxylic acids is 1. The molecule has 0 unspecified atom stereocenters. The van der Waals surface area contributed by atoms with Gasteiger partial charge in [0.15, 0.2) is 0 Å². The molecule has 0 aliphatic heterocycles. The Morgan fingerprint density at radius 2 is 2.30 bits per heavy atom. The molecule has 2 rings (SSSR count). The highest BCUT2D eigenvalue weighted by Crippen LogP contribution is 2.17. The first-order chi connectivity index (χ1) is 9.60. The van der Waals surface area contributed by atoms with E-state index in [2.05, 4.69) is 26.2 Å². The van der Waals surface area contributed by atoms with E-state index in [1.54, 1.807) is 23.2 Å². The van der Waals surface area contributed by atoms with Crippen molar-refractivity contribution in [3.8, 4) is 0 Å². The molecule has 0 N–H and O–H groups in total. The van der Waals surface area contributed by atoms with Crippen molar-refractivity contribution in [3.63, 3.8) is 0 Å². The summed E-state index contributed by atoms with van der Waals surface area (Å²) in [5, 5.41) is 7.40. The second-order valence-electron chi connectivity index (χ2n) is 4.24. The van der Waals surface area contributed by atoms with Crippen molar-refractivity contribution in [1.29, 1.82) is 0 Å². The molecular formula is C13H14BrFN4O. The number of likely N-dealkylation sites (N-methyl/N-ethyl adjacent to an activating group) is 1. The van der Waals surface area contributed by atoms with Crippen LogP contribution in [0.1, 0.15) is 12.5 Å². The largest absolute Gasteiger partial charge is 0.337 e. The molecular weight excluding hydrogens is 327 g/mol. The predicted molar refractivity (Wildman–Crippen MR) is 75.2 cm³/mol. The third-order valence-electron chi connectivity index (χ3n) is 2.87. The Kier molecular flexibility index (Phi) is 4.84. The molecule has 0 radical (unpaired) electrons. The van der Waals surface area contributed by atoms with Crippen molar-refractivity contribution in [2.24, 2.45) is 0 Å². The highest BCUT2D eigenvalue weighted by molar-refractivity contribution is 9.10. The Bertz CT molecular complexity index is 588. The van der Waals surface area contributed by atoms with Crippen molar-refractivity contribution in [2.45, 2.75) is 20.0 Å². The van der Waals surface area contributed by atoms with E-state index in [4.69, 9.17) is 0 Å². The van der Waals surface area contributed by atoms with Crippen molar-refractivity contribution in [2.75, 3.05) is 6.54 Å². The number of carbonyl (C=O) groups is 1. The van der Waals surface area contributed by atoms with E-state index in [1.165, 1.54) is 16.9 Å². The molecule has 0 aliphatic carbocycles. The van der Waals surface area contributed by atoms with E-state index in [0.29, 0.717) is 12.1 Å². The number of hydrogen-bond donors (Lipinski definition) is 0. The molecule has 1 aromatic heterocycles. The summed E-state index contributed by atoms with van der Waals surface area (Å²) in [4.78, 5) is 13.7. The fraction of sp³-hybridized carbons (Fsp3) is 0.308. The molecule has 0 spiro atoms. The first-order valence-corrected chi connectivity index (χ1v) is 6.95. The van der Waals surface area contributed by atoms with E-state index in [1.807, 2.05) is 6.92 Å². The van der Waals surface area contributed by atoms with Gasteiger partial charge in [0.25, 0.3) is 0 Å². The van der Waals surface area contributed by atoms with Crippen LogP contribution in [0.3, 0.4) is 0 Å². The minimum Gasteiger partial charge on any atom is -0.337 e. The molecule has 1 amide bonds. The number of hydrogen-bond acceptors (Lipinski definition) is 3. The van der Waals surface area contributed by atoms with E-state index in [9.17, 15) is 9.18 Å². The minimum atomic E-state index is -0.319. The average molecular weight is 341 g/mol. The van der Waals surface area contributed by atoms with Gasteiger partial charge in [0, 0.05) is 29.3 Å². The maximum Gasteiger partial charge on any atom is 0.244 e. The Hall–Kier alpha value is -1.76. The zero-order valence-electron chi connectivity index (χ0n) is 11.0. The fourth-order valence-electron chi connectivity index (χ4n) is 1.80. The zero-order valence-corrected chi connectivity index (χ0v) is 12.5. The minimum absolute atomic E-state index is 0.101. The highest BCUT2D eigenvalue weighted by Gasteiger charge is 2.15. The Morgan fingerprint density at radius 1 is 1.50 bits per heavy atom. The molecule has 0 saturated carbocycles. The third kappa shape index (κ3) is 3.63. The first-order valence-electron chi connectivity index (χ1n) is 6.16. The Balaban J connectivity index is 2.08. The lowest BCUT2D eigenvalue weighted by Crippen LogP contribution is -2.33. The highest BCUT2D eigenvalue weighted by atomic mass is 79.9. The molecule has 0 aliphatic rings. The Morgan fingerprint density at radius 3 is 2.95 bits per heavy atom. The van der Waals surface area contributed by atoms with Crippen LogP contribution in [0, 0.1) is 5.82 Å². The van der Waals surface area contributed by atoms with Gasteiger partial charge in [-0.3, -0.25) is 4.79 Å². The zero-order chi connectivity index (χ0) is 14.5. The fourth-order valence-corrected chi connectivity index (χ4v) is 2.21. The number of aromatic nitrogens is 3. The molecule has 2 aromatic rings. The van der Waals surface area contributed by atoms with Crippen LogP contribution in [0.5, 0.6) is 0 Å². The smallest absolute Gasteiger partial charge is 0.244 e. The van der Waals surface area contributed by atoms with Crippen LogP contribution in [-0.2, 0) is 17.9 Å². The first kappa shape index (κ1) is 14.6. The summed E-state index contributed by atoms with van der Waals surface area (Å²) in [5.74, 6) is -0.447. The number of benzene rings is 1. The van der Waals surface area contributed by atoms with E-state index >= 15 is 0 Å². The lowest BCUT2D eigenvalue weighted by atomic mass is 10.2. The third-order valence-corrected chi connectivity index (χ3v) is 3.37. The number of nitrogens with zero attached hydrogens (tertiary/aromatic N) is 4. The number of amides is 1. The standard InChI is InChI=1S/C13H14BrFN4O/c1-2-18(13(20)9-19-6-5-16-17-19)8-10-7-11(14)3-4-12(10)15/h3-7H,2,8-9H2,1H3. The summed E-state index contributed by atoms with van der Waals surface area (Å²) in [7, 11) is 0. The number of rotatable bonds is 5. The maximum atomic E-state index is 13.7. The summed E-state index contributed by atoms with van der Waals surface area (Å²) < 4.78 is 16.0. The second kappa shape index (κ2) is 6.60. The number of halogens is 2. The van der Waals surface area contributed by atoms with Crippen LogP contribution in [-0.4, -0.2) is 32.3 Å². The topological polar surface area (TPSA) is 51.0 Å². The van der Waals surface area contributed by atoms with Gasteiger partial charge in [0.1, 0.15) is 12.4 Å². The molecule has 1 heterocycles. The predicted octanol–water partition coefficient (Wildman–Crippen LogP) is 2.23. The van der Waals surface area contributed by atoms with Crippen LogP contribution >= 0.6 is 15.9 Å². The Labute approximate surface area is 124 Å². The summed E-state index contributed by atoms with van der Waals surface area (Å²) in [5.41, 5.74) is 0.480. The van der Waals surface area contributed by atoms with Gasteiger partial charge in [-0.1, -0.05) is 21.1 Å². The van der Waals surface area contributed by atoms with Gasteiger partial charge in [-0.05, 0) is 25.1 Å². The molecule has 0 bridgehead atoms. The van der Waals surface area contributed by atoms with Crippen molar-refractivity contribution < 1.29 is 9.18 Å². The van der Waals surface area contributed by atoms with E-state index in [-0.39, 0.29) is 24.8 Å². The normalized spacial score (nSPS) is 10.6. The summed E-state index contributed by atoms with van der Waals surface area (Å²) >= 11 is 3.30. The van der Waals surface area contributed by atoms with Gasteiger partial charge in [0.2, 0.25) is 5.91 Å². The van der Waals surface area contributed by atoms with Gasteiger partial charge < -0.3 is 4.90 Å². The van der Waals surface area contributed by atoms with Crippen molar-refractivity contribution in [3.05, 3.63) is 46.4 Å². The monoisotopic (exact) mass is 340 g/mol. The molecule has 0 atom stereocenters. The molecule has 0 fully saturated rings. The van der Waals surface area contributed by atoms with Crippen LogP contribution in [0.25, 0.3) is 0 Å². The van der Waals surface area contributed by atoms with Crippen LogP contribution in [0.4, 0.5) is 4.39 Å². The average Bonchev–Trinajstić information content (AvgIpc) is 2.92. The molecule has 106 valence electrons. The second-order valence-corrected chi connectivity index (χ2v) is 5.16. The summed E-state index contributed by atoms with van der Waals surface area (Å²) in [6.45, 7) is 2.69. The summed E-state index contributed by atoms with van der Waals surface area (Å²) in [6, 6.07) is 4.70. The molecule has 0 saturated heterocycles. The van der Waals surface area contributed by atoms with E-state index in [0.717, 1.165) is 4.47 Å². The maximum absolute atomic E-state index is 13.7. The molecule has 1 aromatic carbocycles. The molecule has 7 heteroatoms. The van der Waals surface area contributed by atoms with Gasteiger partial charge in [-0.15, -0.1) is 5.10 Å². The van der Waals surface area contributed by atoms with Gasteiger partial charge >= 0.3 is 0 Å². The van der Waals surface area contributed by atoms with Crippen LogP contribution in [0.15, 0.2) is 35.1 Å². The van der Waals surface area contributed by atoms with Gasteiger partial charge in [0.05, 0.1) is 6.20 Å². The lowest BCUT2D eigenvalue weighted by Gasteiger charge is -2.21. The lowest BCUT2D eigenvalue weighted by molar-refractivity contribution is -0.132. The van der Waals surface area contributed by atoms with Crippen LogP contribution < -0.4 is 0 Å². The summed E-state index contributed by atoms with van der Waals surface area (Å²) in [6.07, 6.45) is 3.13. The molecule has 20 heavy (non-hydrogen) atoms. The van der Waals surface area contributed by atoms with Crippen molar-refractivity contribution in [1.82, 2.24) is 19.9 Å². The molecule has 5 nitrogen and oxygen atoms in total. The van der Waals surface area contributed by atoms with Gasteiger partial charge in [-0.2, -0.15) is 0 Å².